The lowest BCUT2D eigenvalue weighted by Crippen LogP contribution is -1.92. The summed E-state index contributed by atoms with van der Waals surface area (Å²) in [6.07, 6.45) is 32.0. The van der Waals surface area contributed by atoms with Crippen molar-refractivity contribution in [1.29, 1.82) is 0 Å². The van der Waals surface area contributed by atoms with E-state index in [4.69, 9.17) is 9.79 Å². The average molecular weight is 447 g/mol. The van der Waals surface area contributed by atoms with Gasteiger partial charge in [0, 0.05) is 0 Å². The molecule has 0 aliphatic rings. The Balaban J connectivity index is 3.09. The molecule has 0 saturated heterocycles. The van der Waals surface area contributed by atoms with Crippen molar-refractivity contribution in [2.45, 2.75) is 142 Å². The number of unbranched alkanes of at least 4 members (excludes halogenated alkanes) is 19. The molecule has 0 fully saturated rings. The van der Waals surface area contributed by atoms with Gasteiger partial charge in [-0.1, -0.05) is 122 Å². The molecule has 0 aromatic heterocycles. The predicted molar refractivity (Wildman–Crippen MR) is 130 cm³/mol. The SMILES string of the molecule is CCCCCCCC/C=C\CCCCCCCCCCCCCCCOP(=O)(O)O. The van der Waals surface area contributed by atoms with Crippen LogP contribution in [0.15, 0.2) is 12.2 Å². The Morgan fingerprint density at radius 1 is 0.567 bits per heavy atom. The van der Waals surface area contributed by atoms with E-state index in [0.29, 0.717) is 0 Å². The van der Waals surface area contributed by atoms with Gasteiger partial charge in [-0.3, -0.25) is 4.52 Å². The summed E-state index contributed by atoms with van der Waals surface area (Å²) in [7, 11) is -4.27. The minimum absolute atomic E-state index is 0.166. The van der Waals surface area contributed by atoms with Crippen LogP contribution in [0.3, 0.4) is 0 Å². The summed E-state index contributed by atoms with van der Waals surface area (Å²) in [5, 5.41) is 0. The third-order valence-electron chi connectivity index (χ3n) is 5.67. The standard InChI is InChI=1S/C25H51O4P/c1-2-3-4-5-6-7-8-9-10-11-12-13-14-15-16-17-18-19-20-21-22-23-24-25-29-30(26,27)28/h9-10H,2-8,11-25H2,1H3,(H2,26,27,28)/b10-9-. The van der Waals surface area contributed by atoms with Crippen molar-refractivity contribution < 1.29 is 18.9 Å². The van der Waals surface area contributed by atoms with E-state index in [-0.39, 0.29) is 6.61 Å². The van der Waals surface area contributed by atoms with E-state index in [1.54, 1.807) is 0 Å². The summed E-state index contributed by atoms with van der Waals surface area (Å²) in [5.74, 6) is 0. The zero-order chi connectivity index (χ0) is 22.2. The summed E-state index contributed by atoms with van der Waals surface area (Å²) >= 11 is 0. The molecule has 2 N–H and O–H groups in total. The van der Waals surface area contributed by atoms with Gasteiger partial charge in [0.25, 0.3) is 0 Å². The molecule has 0 aliphatic heterocycles. The number of phosphoric acid groups is 1. The summed E-state index contributed by atoms with van der Waals surface area (Å²) in [5.41, 5.74) is 0. The first-order valence-corrected chi connectivity index (χ1v) is 14.4. The van der Waals surface area contributed by atoms with E-state index in [0.717, 1.165) is 19.3 Å². The largest absolute Gasteiger partial charge is 0.469 e. The van der Waals surface area contributed by atoms with Crippen LogP contribution in [-0.2, 0) is 9.09 Å². The molecular formula is C25H51O4P. The van der Waals surface area contributed by atoms with E-state index in [1.807, 2.05) is 0 Å². The molecule has 0 bridgehead atoms. The second-order valence-corrected chi connectivity index (χ2v) is 9.98. The monoisotopic (exact) mass is 446 g/mol. The van der Waals surface area contributed by atoms with E-state index in [1.165, 1.54) is 116 Å². The Hall–Kier alpha value is -0.150. The number of rotatable bonds is 24. The van der Waals surface area contributed by atoms with Gasteiger partial charge < -0.3 is 9.79 Å². The number of allylic oxidation sites excluding steroid dienone is 2. The van der Waals surface area contributed by atoms with Crippen LogP contribution < -0.4 is 0 Å². The van der Waals surface area contributed by atoms with Gasteiger partial charge >= 0.3 is 7.82 Å². The van der Waals surface area contributed by atoms with Crippen molar-refractivity contribution in [1.82, 2.24) is 0 Å². The molecule has 4 nitrogen and oxygen atoms in total. The molecule has 0 spiro atoms. The van der Waals surface area contributed by atoms with Crippen molar-refractivity contribution in [3.05, 3.63) is 12.2 Å². The maximum absolute atomic E-state index is 10.5. The molecule has 0 heterocycles. The maximum atomic E-state index is 10.5. The molecule has 0 amide bonds. The highest BCUT2D eigenvalue weighted by molar-refractivity contribution is 7.46. The maximum Gasteiger partial charge on any atom is 0.469 e. The van der Waals surface area contributed by atoms with Crippen LogP contribution >= 0.6 is 7.82 Å². The molecule has 180 valence electrons. The Labute approximate surface area is 187 Å². The summed E-state index contributed by atoms with van der Waals surface area (Å²) in [6.45, 7) is 2.44. The van der Waals surface area contributed by atoms with Crippen LogP contribution in [0, 0.1) is 0 Å². The van der Waals surface area contributed by atoms with E-state index < -0.39 is 7.82 Å². The van der Waals surface area contributed by atoms with E-state index >= 15 is 0 Å². The first-order valence-electron chi connectivity index (χ1n) is 12.9. The fraction of sp³-hybridized carbons (Fsp3) is 0.920. The highest BCUT2D eigenvalue weighted by Crippen LogP contribution is 2.35. The van der Waals surface area contributed by atoms with Gasteiger partial charge in [0.15, 0.2) is 0 Å². The third-order valence-corrected chi connectivity index (χ3v) is 6.18. The van der Waals surface area contributed by atoms with Crippen LogP contribution in [0.2, 0.25) is 0 Å². The molecular weight excluding hydrogens is 395 g/mol. The van der Waals surface area contributed by atoms with Gasteiger partial charge in [-0.25, -0.2) is 4.57 Å². The molecule has 0 atom stereocenters. The molecule has 0 unspecified atom stereocenters. The van der Waals surface area contributed by atoms with Crippen LogP contribution in [0.5, 0.6) is 0 Å². The zero-order valence-corrected chi connectivity index (χ0v) is 20.8. The Kier molecular flexibility index (Phi) is 23.4. The fourth-order valence-corrected chi connectivity index (χ4v) is 4.14. The summed E-state index contributed by atoms with van der Waals surface area (Å²) < 4.78 is 15.0. The van der Waals surface area contributed by atoms with Crippen molar-refractivity contribution in [2.75, 3.05) is 6.61 Å². The van der Waals surface area contributed by atoms with Gasteiger partial charge in [-0.05, 0) is 32.1 Å². The van der Waals surface area contributed by atoms with E-state index in [2.05, 4.69) is 23.6 Å². The predicted octanol–water partition coefficient (Wildman–Crippen LogP) is 8.86. The fourth-order valence-electron chi connectivity index (χ4n) is 3.77. The molecule has 0 aromatic rings. The Morgan fingerprint density at radius 3 is 1.27 bits per heavy atom. The lowest BCUT2D eigenvalue weighted by Gasteiger charge is -2.05. The van der Waals surface area contributed by atoms with Crippen molar-refractivity contribution in [3.63, 3.8) is 0 Å². The van der Waals surface area contributed by atoms with Crippen LogP contribution in [0.25, 0.3) is 0 Å². The van der Waals surface area contributed by atoms with Crippen LogP contribution in [-0.4, -0.2) is 16.4 Å². The Morgan fingerprint density at radius 2 is 0.900 bits per heavy atom. The zero-order valence-electron chi connectivity index (χ0n) is 19.9. The minimum atomic E-state index is -4.27. The van der Waals surface area contributed by atoms with Gasteiger partial charge in [-0.15, -0.1) is 0 Å². The molecule has 5 heteroatoms. The quantitative estimate of drug-likeness (QED) is 0.0882. The average Bonchev–Trinajstić information content (AvgIpc) is 2.70. The Bertz CT molecular complexity index is 406. The normalized spacial score (nSPS) is 12.2. The van der Waals surface area contributed by atoms with Crippen molar-refractivity contribution >= 4 is 7.82 Å². The summed E-state index contributed by atoms with van der Waals surface area (Å²) in [6, 6.07) is 0. The second-order valence-electron chi connectivity index (χ2n) is 8.74. The van der Waals surface area contributed by atoms with Crippen LogP contribution in [0.4, 0.5) is 0 Å². The molecule has 0 rings (SSSR count). The van der Waals surface area contributed by atoms with Gasteiger partial charge in [0.2, 0.25) is 0 Å². The first kappa shape index (κ1) is 29.9. The number of hydrogen-bond donors (Lipinski definition) is 2. The van der Waals surface area contributed by atoms with Gasteiger partial charge in [0.1, 0.15) is 0 Å². The lowest BCUT2D eigenvalue weighted by atomic mass is 10.0. The molecule has 30 heavy (non-hydrogen) atoms. The van der Waals surface area contributed by atoms with Crippen molar-refractivity contribution in [3.8, 4) is 0 Å². The third kappa shape index (κ3) is 27.8. The molecule has 0 radical (unpaired) electrons. The molecule has 0 saturated carbocycles. The number of hydrogen-bond acceptors (Lipinski definition) is 2. The topological polar surface area (TPSA) is 66.8 Å². The highest BCUT2D eigenvalue weighted by atomic mass is 31.2. The second kappa shape index (κ2) is 23.5. The first-order chi connectivity index (χ1) is 14.6. The lowest BCUT2D eigenvalue weighted by molar-refractivity contribution is 0.193. The molecule has 0 aliphatic carbocycles. The van der Waals surface area contributed by atoms with Crippen molar-refractivity contribution in [2.24, 2.45) is 0 Å². The van der Waals surface area contributed by atoms with E-state index in [9.17, 15) is 4.57 Å². The minimum Gasteiger partial charge on any atom is -0.303 e. The highest BCUT2D eigenvalue weighted by Gasteiger charge is 2.12. The number of phosphoric ester groups is 1. The van der Waals surface area contributed by atoms with Crippen LogP contribution in [0.1, 0.15) is 142 Å². The molecule has 0 aromatic carbocycles. The van der Waals surface area contributed by atoms with Gasteiger partial charge in [-0.2, -0.15) is 0 Å². The smallest absolute Gasteiger partial charge is 0.303 e. The summed E-state index contributed by atoms with van der Waals surface area (Å²) in [4.78, 5) is 17.2. The van der Waals surface area contributed by atoms with Gasteiger partial charge in [0.05, 0.1) is 6.61 Å².